The molecule has 36 heavy (non-hydrogen) atoms. The predicted octanol–water partition coefficient (Wildman–Crippen LogP) is 4.07. The van der Waals surface area contributed by atoms with Crippen LogP contribution in [0.15, 0.2) is 36.4 Å². The van der Waals surface area contributed by atoms with Gasteiger partial charge in [0.15, 0.2) is 19.7 Å². The van der Waals surface area contributed by atoms with Crippen LogP contribution >= 0.6 is 0 Å². The first-order valence-electron chi connectivity index (χ1n) is 10.5. The minimum Gasteiger partial charge on any atom is -0.394 e. The summed E-state index contributed by atoms with van der Waals surface area (Å²) in [6.07, 6.45) is -1.41. The molecule has 0 aliphatic carbocycles. The molecule has 13 nitrogen and oxygen atoms in total. The van der Waals surface area contributed by atoms with Crippen molar-refractivity contribution in [2.75, 3.05) is 11.5 Å². The van der Waals surface area contributed by atoms with Gasteiger partial charge < -0.3 is 9.47 Å². The van der Waals surface area contributed by atoms with Gasteiger partial charge in [-0.15, -0.1) is 0 Å². The van der Waals surface area contributed by atoms with Crippen LogP contribution in [0.4, 0.5) is 16.2 Å². The van der Waals surface area contributed by atoms with Gasteiger partial charge in [0, 0.05) is 46.9 Å². The molecule has 0 heterocycles. The summed E-state index contributed by atoms with van der Waals surface area (Å²) in [5.74, 6) is -1.21. The molecule has 15 heteroatoms. The van der Waals surface area contributed by atoms with Gasteiger partial charge in [0.25, 0.3) is 11.4 Å². The van der Waals surface area contributed by atoms with Gasteiger partial charge in [-0.05, 0) is 26.0 Å². The van der Waals surface area contributed by atoms with E-state index in [1.807, 2.05) is 0 Å². The fourth-order valence-corrected chi connectivity index (χ4v) is 5.35. The number of nitro groups is 2. The minimum absolute atomic E-state index is 0.158. The van der Waals surface area contributed by atoms with Gasteiger partial charge in [0.05, 0.1) is 20.3 Å². The van der Waals surface area contributed by atoms with Crippen molar-refractivity contribution in [3.63, 3.8) is 0 Å². The Hall–Kier alpha value is -3.59. The van der Waals surface area contributed by atoms with E-state index in [0.717, 1.165) is 36.4 Å². The van der Waals surface area contributed by atoms with Crippen molar-refractivity contribution in [2.24, 2.45) is 0 Å². The van der Waals surface area contributed by atoms with Gasteiger partial charge in [0.1, 0.15) is 11.5 Å². The molecular weight excluding hydrogens is 520 g/mol. The summed E-state index contributed by atoms with van der Waals surface area (Å²) < 4.78 is 59.8. The molecular formula is C21H24N2O11S2. The van der Waals surface area contributed by atoms with E-state index >= 15 is 0 Å². The summed E-state index contributed by atoms with van der Waals surface area (Å²) >= 11 is 0. The number of nitro benzene ring substituents is 2. The number of rotatable bonds is 10. The van der Waals surface area contributed by atoms with Gasteiger partial charge in [-0.2, -0.15) is 0 Å². The lowest BCUT2D eigenvalue weighted by Gasteiger charge is -2.18. The van der Waals surface area contributed by atoms with Crippen molar-refractivity contribution < 1.29 is 41.0 Å². The maximum Gasteiger partial charge on any atom is 0.519 e. The highest BCUT2D eigenvalue weighted by Crippen LogP contribution is 2.36. The molecule has 0 radical (unpaired) electrons. The number of carbonyl (C=O) groups is 1. The Balaban J connectivity index is 2.49. The molecule has 0 bridgehead atoms. The third-order valence-electron chi connectivity index (χ3n) is 5.55. The van der Waals surface area contributed by atoms with Crippen molar-refractivity contribution in [3.05, 3.63) is 67.8 Å². The zero-order valence-electron chi connectivity index (χ0n) is 19.7. The number of hydrogen-bond donors (Lipinski definition) is 0. The van der Waals surface area contributed by atoms with Crippen LogP contribution in [0.1, 0.15) is 49.3 Å². The van der Waals surface area contributed by atoms with Crippen LogP contribution in [0.25, 0.3) is 0 Å². The summed E-state index contributed by atoms with van der Waals surface area (Å²) in [6, 6.07) is 6.02. The molecule has 0 amide bonds. The number of sulfone groups is 2. The molecule has 2 atom stereocenters. The van der Waals surface area contributed by atoms with E-state index in [1.165, 1.54) is 27.7 Å². The average Bonchev–Trinajstić information content (AvgIpc) is 2.83. The Morgan fingerprint density at radius 3 is 1.39 bits per heavy atom. The molecule has 2 aromatic carbocycles. The van der Waals surface area contributed by atoms with Gasteiger partial charge in [0.2, 0.25) is 0 Å². The topological polar surface area (TPSA) is 190 Å². The van der Waals surface area contributed by atoms with Crippen LogP contribution in [-0.4, -0.2) is 44.3 Å². The lowest BCUT2D eigenvalue weighted by Crippen LogP contribution is -2.20. The highest BCUT2D eigenvalue weighted by Gasteiger charge is 2.30. The van der Waals surface area contributed by atoms with Gasteiger partial charge in [-0.1, -0.05) is 13.8 Å². The lowest BCUT2D eigenvalue weighted by molar-refractivity contribution is -0.385. The third-order valence-corrected chi connectivity index (χ3v) is 9.83. The Bertz CT molecular complexity index is 1300. The highest BCUT2D eigenvalue weighted by atomic mass is 32.2. The van der Waals surface area contributed by atoms with E-state index in [2.05, 4.69) is 0 Å². The van der Waals surface area contributed by atoms with Gasteiger partial charge >= 0.3 is 6.16 Å². The number of benzene rings is 2. The van der Waals surface area contributed by atoms with E-state index in [1.54, 1.807) is 0 Å². The zero-order valence-corrected chi connectivity index (χ0v) is 21.4. The standard InChI is InChI=1S/C21H24N2O11S2/c1-5-35(29,30)13(3)17-11-15(22(25)26)7-9-19(17)33-21(24)34-20-10-8-16(23(27)28)12-18(20)14(4)36(31,32)6-2/h7-14H,5-6H2,1-4H3. The number of non-ortho nitro benzene ring substituents is 2. The molecule has 2 rings (SSSR count). The van der Waals surface area contributed by atoms with Crippen molar-refractivity contribution >= 4 is 37.2 Å². The van der Waals surface area contributed by atoms with Crippen LogP contribution in [0, 0.1) is 20.2 Å². The van der Waals surface area contributed by atoms with Crippen LogP contribution in [0.3, 0.4) is 0 Å². The fraction of sp³-hybridized carbons (Fsp3) is 0.381. The molecule has 2 aromatic rings. The first-order chi connectivity index (χ1) is 16.6. The van der Waals surface area contributed by atoms with Crippen molar-refractivity contribution in [2.45, 2.75) is 38.2 Å². The SMILES string of the molecule is CCS(=O)(=O)C(C)c1cc([N+](=O)[O-])ccc1OC(=O)Oc1ccc([N+](=O)[O-])cc1C(C)S(=O)(=O)CC. The lowest BCUT2D eigenvalue weighted by atomic mass is 10.1. The Kier molecular flexibility index (Phi) is 8.75. The molecule has 0 N–H and O–H groups in total. The number of nitrogens with zero attached hydrogens (tertiary/aromatic N) is 2. The second-order valence-electron chi connectivity index (χ2n) is 7.60. The van der Waals surface area contributed by atoms with Crippen molar-refractivity contribution in [1.29, 1.82) is 0 Å². The zero-order chi connectivity index (χ0) is 27.4. The molecule has 0 saturated heterocycles. The molecule has 2 unspecified atom stereocenters. The van der Waals surface area contributed by atoms with Crippen LogP contribution in [0.2, 0.25) is 0 Å². The molecule has 0 fully saturated rings. The normalized spacial score (nSPS) is 13.4. The number of ether oxygens (including phenoxy) is 2. The van der Waals surface area contributed by atoms with E-state index in [-0.39, 0.29) is 34.1 Å². The van der Waals surface area contributed by atoms with Crippen LogP contribution in [0.5, 0.6) is 11.5 Å². The van der Waals surface area contributed by atoms with E-state index in [9.17, 15) is 41.9 Å². The van der Waals surface area contributed by atoms with E-state index in [0.29, 0.717) is 0 Å². The second kappa shape index (κ2) is 11.0. The van der Waals surface area contributed by atoms with E-state index < -0.39 is 57.6 Å². The summed E-state index contributed by atoms with van der Waals surface area (Å²) in [4.78, 5) is 33.5. The van der Waals surface area contributed by atoms with Crippen LogP contribution in [-0.2, 0) is 19.7 Å². The summed E-state index contributed by atoms with van der Waals surface area (Å²) in [7, 11) is -7.49. The van der Waals surface area contributed by atoms with E-state index in [4.69, 9.17) is 9.47 Å². The Labute approximate surface area is 207 Å². The molecule has 196 valence electrons. The maximum atomic E-state index is 12.6. The monoisotopic (exact) mass is 544 g/mol. The van der Waals surface area contributed by atoms with Crippen molar-refractivity contribution in [3.8, 4) is 11.5 Å². The second-order valence-corrected chi connectivity index (χ2v) is 12.8. The molecule has 0 spiro atoms. The first kappa shape index (κ1) is 28.6. The molecule has 0 saturated carbocycles. The largest absolute Gasteiger partial charge is 0.519 e. The Morgan fingerprint density at radius 2 is 1.11 bits per heavy atom. The highest BCUT2D eigenvalue weighted by molar-refractivity contribution is 7.91. The number of hydrogen-bond acceptors (Lipinski definition) is 11. The summed E-state index contributed by atoms with van der Waals surface area (Å²) in [5.41, 5.74) is -1.18. The summed E-state index contributed by atoms with van der Waals surface area (Å²) in [5, 5.41) is 19.8. The molecule has 0 aliphatic heterocycles. The first-order valence-corrected chi connectivity index (χ1v) is 14.0. The summed E-state index contributed by atoms with van der Waals surface area (Å²) in [6.45, 7) is 5.34. The van der Waals surface area contributed by atoms with Crippen LogP contribution < -0.4 is 9.47 Å². The van der Waals surface area contributed by atoms with Crippen molar-refractivity contribution in [1.82, 2.24) is 0 Å². The average molecular weight is 545 g/mol. The van der Waals surface area contributed by atoms with Gasteiger partial charge in [-0.25, -0.2) is 21.6 Å². The maximum absolute atomic E-state index is 12.6. The fourth-order valence-electron chi connectivity index (χ4n) is 3.21. The quantitative estimate of drug-likeness (QED) is 0.181. The molecule has 0 aliphatic rings. The minimum atomic E-state index is -3.75. The predicted molar refractivity (Wildman–Crippen MR) is 129 cm³/mol. The third kappa shape index (κ3) is 6.34. The van der Waals surface area contributed by atoms with Gasteiger partial charge in [-0.3, -0.25) is 20.2 Å². The smallest absolute Gasteiger partial charge is 0.394 e. The molecule has 0 aromatic heterocycles. The Morgan fingerprint density at radius 1 is 0.778 bits per heavy atom. The number of carbonyl (C=O) groups excluding carboxylic acids is 1.